The number of fused-ring (bicyclic) bond motifs is 2. The molecule has 2 fully saturated rings. The minimum atomic E-state index is -0.660. The first-order valence-corrected chi connectivity index (χ1v) is 19.1. The quantitative estimate of drug-likeness (QED) is 0.138. The number of ether oxygens (including phenoxy) is 1. The van der Waals surface area contributed by atoms with Gasteiger partial charge in [0.05, 0.1) is 13.2 Å². The highest BCUT2D eigenvalue weighted by Gasteiger charge is 2.42. The van der Waals surface area contributed by atoms with Gasteiger partial charge in [0.15, 0.2) is 0 Å². The molecule has 13 heteroatoms. The second-order valence-corrected chi connectivity index (χ2v) is 14.7. The van der Waals surface area contributed by atoms with Gasteiger partial charge in [0.25, 0.3) is 5.91 Å². The van der Waals surface area contributed by atoms with E-state index in [1.54, 1.807) is 21.9 Å². The Morgan fingerprint density at radius 3 is 2.60 bits per heavy atom. The Morgan fingerprint density at radius 2 is 1.79 bits per heavy atom. The van der Waals surface area contributed by atoms with E-state index in [0.29, 0.717) is 55.5 Å². The predicted octanol–water partition coefficient (Wildman–Crippen LogP) is 5.21. The predicted molar refractivity (Wildman–Crippen MR) is 200 cm³/mol. The number of hydrogen-bond donors (Lipinski definition) is 2. The zero-order chi connectivity index (χ0) is 37.1. The number of benzene rings is 2. The van der Waals surface area contributed by atoms with Crippen molar-refractivity contribution >= 4 is 52.6 Å². The molecule has 0 saturated carbocycles. The van der Waals surface area contributed by atoms with Crippen molar-refractivity contribution in [3.8, 4) is 5.75 Å². The highest BCUT2D eigenvalue weighted by Crippen LogP contribution is 2.44. The highest BCUT2D eigenvalue weighted by molar-refractivity contribution is 6.29. The van der Waals surface area contributed by atoms with Crippen molar-refractivity contribution < 1.29 is 28.7 Å². The van der Waals surface area contributed by atoms with Gasteiger partial charge in [-0.05, 0) is 61.6 Å². The molecule has 2 atom stereocenters. The van der Waals surface area contributed by atoms with Crippen molar-refractivity contribution in [1.82, 2.24) is 20.1 Å². The number of piperazine rings is 1. The normalized spacial score (nSPS) is 21.0. The van der Waals surface area contributed by atoms with Gasteiger partial charge in [-0.1, -0.05) is 62.1 Å². The van der Waals surface area contributed by atoms with E-state index >= 15 is 0 Å². The number of carbonyl (C=O) groups is 5. The van der Waals surface area contributed by atoms with Gasteiger partial charge in [0, 0.05) is 60.3 Å². The van der Waals surface area contributed by atoms with E-state index in [2.05, 4.69) is 34.7 Å². The summed E-state index contributed by atoms with van der Waals surface area (Å²) < 4.78 is 6.07. The highest BCUT2D eigenvalue weighted by atomic mass is 35.5. The molecule has 4 aliphatic rings. The molecule has 0 radical (unpaired) electrons. The van der Waals surface area contributed by atoms with Crippen LogP contribution in [0.5, 0.6) is 5.75 Å². The minimum Gasteiger partial charge on any atom is -0.493 e. The van der Waals surface area contributed by atoms with Crippen LogP contribution in [-0.2, 0) is 31.1 Å². The van der Waals surface area contributed by atoms with E-state index < -0.39 is 11.9 Å². The standard InChI is InChI=1S/C40H45ClN6O6/c1-2-40(25-42-37-30(40)15-17-33(41)43-37)26-10-8-11-27(22-26)46-20-19-45(24-36(46)50)35(49)14-6-4-3-5-7-21-53-32-13-9-12-28-29(32)23-47(39(28)52)31-16-18-34(48)44-38(31)51/h8-13,15,17,22,31H,2-7,14,16,18-21,23-25H2,1H3,(H,42,43)(H,44,48,51). The number of unbranched alkanes of at least 4 members (excludes halogenated alkanes) is 4. The third-order valence-electron chi connectivity index (χ3n) is 11.2. The summed E-state index contributed by atoms with van der Waals surface area (Å²) in [6.07, 6.45) is 6.19. The number of piperidine rings is 1. The molecule has 0 bridgehead atoms. The van der Waals surface area contributed by atoms with Gasteiger partial charge in [-0.15, -0.1) is 0 Å². The number of nitrogens with zero attached hydrogens (tertiary/aromatic N) is 4. The second kappa shape index (κ2) is 15.6. The molecule has 53 heavy (non-hydrogen) atoms. The fourth-order valence-corrected chi connectivity index (χ4v) is 8.28. The molecule has 5 amide bonds. The fourth-order valence-electron chi connectivity index (χ4n) is 8.14. The molecule has 4 aliphatic heterocycles. The summed E-state index contributed by atoms with van der Waals surface area (Å²) in [4.78, 5) is 72.9. The summed E-state index contributed by atoms with van der Waals surface area (Å²) in [7, 11) is 0. The molecule has 0 aliphatic carbocycles. The molecule has 2 saturated heterocycles. The van der Waals surface area contributed by atoms with Gasteiger partial charge >= 0.3 is 0 Å². The molecular formula is C40H45ClN6O6. The van der Waals surface area contributed by atoms with E-state index in [1.807, 2.05) is 30.3 Å². The number of rotatable bonds is 13. The molecule has 3 aromatic rings. The summed E-state index contributed by atoms with van der Waals surface area (Å²) in [5, 5.41) is 6.20. The third kappa shape index (κ3) is 7.33. The van der Waals surface area contributed by atoms with Gasteiger partial charge < -0.3 is 24.8 Å². The molecule has 7 rings (SSSR count). The first-order valence-electron chi connectivity index (χ1n) is 18.7. The SMILES string of the molecule is CCC1(c2cccc(N3CCN(C(=O)CCCCCCCOc4cccc5c4CN(C4CCC(=O)NC4=O)C5=O)CC3=O)c2)CNc2nc(Cl)ccc21. The lowest BCUT2D eigenvalue weighted by molar-refractivity contribution is -0.137. The summed E-state index contributed by atoms with van der Waals surface area (Å²) in [6, 6.07) is 16.7. The number of aromatic nitrogens is 1. The van der Waals surface area contributed by atoms with Crippen LogP contribution in [-0.4, -0.2) is 83.1 Å². The lowest BCUT2D eigenvalue weighted by atomic mass is 9.74. The maximum Gasteiger partial charge on any atom is 0.255 e. The van der Waals surface area contributed by atoms with Crippen LogP contribution in [0.2, 0.25) is 5.15 Å². The second-order valence-electron chi connectivity index (χ2n) is 14.3. The molecule has 12 nitrogen and oxygen atoms in total. The maximum atomic E-state index is 13.3. The number of amides is 5. The van der Waals surface area contributed by atoms with Crippen LogP contribution in [0.15, 0.2) is 54.6 Å². The van der Waals surface area contributed by atoms with Crippen molar-refractivity contribution in [2.24, 2.45) is 0 Å². The number of carbonyl (C=O) groups excluding carboxylic acids is 5. The minimum absolute atomic E-state index is 0.0126. The molecule has 278 valence electrons. The maximum absolute atomic E-state index is 13.3. The van der Waals surface area contributed by atoms with Crippen LogP contribution in [0.4, 0.5) is 11.5 Å². The topological polar surface area (TPSA) is 141 Å². The van der Waals surface area contributed by atoms with Gasteiger partial charge in [-0.25, -0.2) is 4.98 Å². The molecule has 0 spiro atoms. The lowest BCUT2D eigenvalue weighted by Gasteiger charge is -2.35. The monoisotopic (exact) mass is 740 g/mol. The van der Waals surface area contributed by atoms with Crippen LogP contribution >= 0.6 is 11.6 Å². The van der Waals surface area contributed by atoms with Crippen molar-refractivity contribution in [3.05, 3.63) is 82.0 Å². The number of anilines is 2. The largest absolute Gasteiger partial charge is 0.493 e. The van der Waals surface area contributed by atoms with Crippen LogP contribution in [0.25, 0.3) is 0 Å². The number of imide groups is 1. The van der Waals surface area contributed by atoms with Gasteiger partial charge in [0.2, 0.25) is 23.6 Å². The zero-order valence-corrected chi connectivity index (χ0v) is 30.8. The Labute approximate surface area is 314 Å². The molecule has 1 aromatic heterocycles. The molecule has 2 N–H and O–H groups in total. The summed E-state index contributed by atoms with van der Waals surface area (Å²) in [5.74, 6) is 0.415. The lowest BCUT2D eigenvalue weighted by Crippen LogP contribution is -2.52. The van der Waals surface area contributed by atoms with E-state index in [1.165, 1.54) is 4.90 Å². The van der Waals surface area contributed by atoms with Crippen molar-refractivity contribution in [1.29, 1.82) is 0 Å². The Bertz CT molecular complexity index is 1940. The Morgan fingerprint density at radius 1 is 0.981 bits per heavy atom. The third-order valence-corrected chi connectivity index (χ3v) is 11.4. The van der Waals surface area contributed by atoms with Crippen LogP contribution in [0, 0.1) is 0 Å². The molecule has 2 aromatic carbocycles. The van der Waals surface area contributed by atoms with E-state index in [4.69, 9.17) is 16.3 Å². The number of pyridine rings is 1. The number of nitrogens with one attached hydrogen (secondary N) is 2. The molecule has 5 heterocycles. The average Bonchev–Trinajstić information content (AvgIpc) is 3.70. The van der Waals surface area contributed by atoms with Crippen molar-refractivity contribution in [2.45, 2.75) is 82.7 Å². The Balaban J connectivity index is 0.824. The fraction of sp³-hybridized carbons (Fsp3) is 0.450. The summed E-state index contributed by atoms with van der Waals surface area (Å²) >= 11 is 6.15. The first kappa shape index (κ1) is 36.4. The number of halogens is 1. The zero-order valence-electron chi connectivity index (χ0n) is 30.0. The number of hydrogen-bond acceptors (Lipinski definition) is 8. The van der Waals surface area contributed by atoms with E-state index in [-0.39, 0.29) is 48.6 Å². The van der Waals surface area contributed by atoms with Gasteiger partial charge in [-0.2, -0.15) is 0 Å². The Kier molecular flexibility index (Phi) is 10.7. The van der Waals surface area contributed by atoms with E-state index in [9.17, 15) is 24.0 Å². The van der Waals surface area contributed by atoms with Crippen LogP contribution in [0.3, 0.4) is 0 Å². The first-order chi connectivity index (χ1) is 25.7. The smallest absolute Gasteiger partial charge is 0.255 e. The van der Waals surface area contributed by atoms with Gasteiger partial charge in [0.1, 0.15) is 29.3 Å². The summed E-state index contributed by atoms with van der Waals surface area (Å²) in [6.45, 7) is 4.65. The average molecular weight is 741 g/mol. The van der Waals surface area contributed by atoms with Crippen molar-refractivity contribution in [3.63, 3.8) is 0 Å². The molecule has 2 unspecified atom stereocenters. The van der Waals surface area contributed by atoms with E-state index in [0.717, 1.165) is 66.7 Å². The summed E-state index contributed by atoms with van der Waals surface area (Å²) in [5.41, 5.74) is 4.09. The van der Waals surface area contributed by atoms with Crippen molar-refractivity contribution in [2.75, 3.05) is 43.0 Å². The van der Waals surface area contributed by atoms with Crippen LogP contribution < -0.4 is 20.3 Å². The van der Waals surface area contributed by atoms with Gasteiger partial charge in [-0.3, -0.25) is 29.3 Å². The van der Waals surface area contributed by atoms with Crippen LogP contribution in [0.1, 0.15) is 91.8 Å². The Hall–Kier alpha value is -4.97. The molecular weight excluding hydrogens is 696 g/mol.